The van der Waals surface area contributed by atoms with Gasteiger partial charge in [0.15, 0.2) is 0 Å². The normalized spacial score (nSPS) is 21.2. The third-order valence-electron chi connectivity index (χ3n) is 4.97. The lowest BCUT2D eigenvalue weighted by atomic mass is 9.83. The maximum absolute atomic E-state index is 12.6. The van der Waals surface area contributed by atoms with Gasteiger partial charge in [-0.2, -0.15) is 0 Å². The van der Waals surface area contributed by atoms with E-state index in [1.165, 1.54) is 11.1 Å². The van der Waals surface area contributed by atoms with Gasteiger partial charge in [-0.15, -0.1) is 0 Å². The van der Waals surface area contributed by atoms with Crippen molar-refractivity contribution in [1.82, 2.24) is 4.90 Å². The van der Waals surface area contributed by atoms with Crippen molar-refractivity contribution < 1.29 is 14.7 Å². The maximum atomic E-state index is 12.6. The van der Waals surface area contributed by atoms with E-state index in [1.54, 1.807) is 4.90 Å². The van der Waals surface area contributed by atoms with Crippen LogP contribution in [-0.2, 0) is 15.0 Å². The highest BCUT2D eigenvalue weighted by Gasteiger charge is 2.36. The highest BCUT2D eigenvalue weighted by molar-refractivity contribution is 5.80. The van der Waals surface area contributed by atoms with Crippen LogP contribution in [0.4, 0.5) is 0 Å². The zero-order valence-corrected chi connectivity index (χ0v) is 14.5. The molecule has 1 aromatic rings. The van der Waals surface area contributed by atoms with Gasteiger partial charge in [0.25, 0.3) is 0 Å². The van der Waals surface area contributed by atoms with Gasteiger partial charge in [0.05, 0.1) is 5.92 Å². The quantitative estimate of drug-likeness (QED) is 0.907. The average Bonchev–Trinajstić information content (AvgIpc) is 2.96. The van der Waals surface area contributed by atoms with Gasteiger partial charge in [-0.3, -0.25) is 9.59 Å². The van der Waals surface area contributed by atoms with Crippen molar-refractivity contribution in [2.24, 2.45) is 11.8 Å². The molecular weight excluding hydrogens is 290 g/mol. The first-order valence-electron chi connectivity index (χ1n) is 8.25. The van der Waals surface area contributed by atoms with Crippen LogP contribution in [0.5, 0.6) is 0 Å². The van der Waals surface area contributed by atoms with E-state index in [0.717, 1.165) is 0 Å². The lowest BCUT2D eigenvalue weighted by molar-refractivity contribution is -0.141. The molecule has 0 bridgehead atoms. The van der Waals surface area contributed by atoms with Crippen LogP contribution in [0.2, 0.25) is 0 Å². The van der Waals surface area contributed by atoms with Crippen LogP contribution >= 0.6 is 0 Å². The topological polar surface area (TPSA) is 57.6 Å². The number of nitrogens with zero attached hydrogens (tertiary/aromatic N) is 1. The van der Waals surface area contributed by atoms with Crippen LogP contribution in [-0.4, -0.2) is 35.5 Å². The van der Waals surface area contributed by atoms with Crippen LogP contribution in [0.1, 0.15) is 44.2 Å². The van der Waals surface area contributed by atoms with Crippen molar-refractivity contribution in [2.75, 3.05) is 13.6 Å². The summed E-state index contributed by atoms with van der Waals surface area (Å²) in [5.74, 6) is -1.20. The number of carbonyl (C=O) groups is 2. The molecule has 1 amide bonds. The summed E-state index contributed by atoms with van der Waals surface area (Å²) in [6.07, 6.45) is 1.77. The Balaban J connectivity index is 2.00. The molecule has 4 nitrogen and oxygen atoms in total. The molecule has 0 radical (unpaired) electrons. The second-order valence-corrected chi connectivity index (χ2v) is 7.49. The van der Waals surface area contributed by atoms with E-state index < -0.39 is 5.97 Å². The van der Waals surface area contributed by atoms with Crippen LogP contribution in [0.25, 0.3) is 0 Å². The molecule has 23 heavy (non-hydrogen) atoms. The molecular formula is C19H27NO3. The van der Waals surface area contributed by atoms with Crippen molar-refractivity contribution >= 4 is 11.9 Å². The third-order valence-corrected chi connectivity index (χ3v) is 4.97. The molecule has 0 spiro atoms. The van der Waals surface area contributed by atoms with Crippen LogP contribution in [0.15, 0.2) is 24.3 Å². The number of benzene rings is 1. The maximum Gasteiger partial charge on any atom is 0.306 e. The summed E-state index contributed by atoms with van der Waals surface area (Å²) in [5, 5.41) is 9.08. The van der Waals surface area contributed by atoms with E-state index in [1.807, 2.05) is 7.05 Å². The molecule has 1 fully saturated rings. The molecule has 1 aliphatic carbocycles. The molecule has 1 saturated carbocycles. The Kier molecular flexibility index (Phi) is 5.12. The van der Waals surface area contributed by atoms with Gasteiger partial charge in [0.1, 0.15) is 0 Å². The highest BCUT2D eigenvalue weighted by Crippen LogP contribution is 2.33. The summed E-state index contributed by atoms with van der Waals surface area (Å²) in [7, 11) is 1.83. The molecule has 0 unspecified atom stereocenters. The van der Waals surface area contributed by atoms with E-state index in [4.69, 9.17) is 5.11 Å². The minimum absolute atomic E-state index is 0.0777. The number of aliphatic carboxylic acids is 1. The fourth-order valence-electron chi connectivity index (χ4n) is 3.51. The molecule has 4 heteroatoms. The first-order valence-corrected chi connectivity index (χ1v) is 8.25. The predicted molar refractivity (Wildman–Crippen MR) is 90.3 cm³/mol. The number of hydrogen-bond donors (Lipinski definition) is 1. The number of amides is 1. The van der Waals surface area contributed by atoms with Gasteiger partial charge >= 0.3 is 5.97 Å². The molecule has 1 aromatic carbocycles. The fraction of sp³-hybridized carbons (Fsp3) is 0.579. The van der Waals surface area contributed by atoms with Gasteiger partial charge in [-0.1, -0.05) is 43.7 Å². The first kappa shape index (κ1) is 17.5. The Morgan fingerprint density at radius 1 is 1.17 bits per heavy atom. The Bertz CT molecular complexity index is 577. The number of carboxylic acid groups (broad SMARTS) is 1. The molecule has 0 saturated heterocycles. The Morgan fingerprint density at radius 2 is 1.74 bits per heavy atom. The molecule has 0 aliphatic heterocycles. The van der Waals surface area contributed by atoms with Gasteiger partial charge < -0.3 is 10.0 Å². The number of hydrogen-bond acceptors (Lipinski definition) is 2. The van der Waals surface area contributed by atoms with E-state index in [2.05, 4.69) is 45.0 Å². The largest absolute Gasteiger partial charge is 0.481 e. The van der Waals surface area contributed by atoms with Gasteiger partial charge in [-0.25, -0.2) is 0 Å². The number of aryl methyl sites for hydroxylation is 1. The fourth-order valence-corrected chi connectivity index (χ4v) is 3.51. The first-order chi connectivity index (χ1) is 10.7. The summed E-state index contributed by atoms with van der Waals surface area (Å²) < 4.78 is 0. The SMILES string of the molecule is Cc1ccc(C(C)(C)CN(C)C(=O)[C@@H]2CC[C@H](C(=O)O)C2)cc1. The van der Waals surface area contributed by atoms with E-state index in [0.29, 0.717) is 25.8 Å². The summed E-state index contributed by atoms with van der Waals surface area (Å²) in [6.45, 7) is 6.96. The van der Waals surface area contributed by atoms with Crippen molar-refractivity contribution in [1.29, 1.82) is 0 Å². The van der Waals surface area contributed by atoms with Crippen LogP contribution < -0.4 is 0 Å². The average molecular weight is 317 g/mol. The van der Waals surface area contributed by atoms with E-state index in [9.17, 15) is 9.59 Å². The zero-order chi connectivity index (χ0) is 17.2. The lowest BCUT2D eigenvalue weighted by Gasteiger charge is -2.32. The molecule has 0 heterocycles. The summed E-state index contributed by atoms with van der Waals surface area (Å²) in [4.78, 5) is 25.4. The van der Waals surface area contributed by atoms with Crippen molar-refractivity contribution in [2.45, 2.75) is 45.4 Å². The third kappa shape index (κ3) is 4.12. The van der Waals surface area contributed by atoms with Crippen LogP contribution in [0.3, 0.4) is 0 Å². The number of carbonyl (C=O) groups excluding carboxylic acids is 1. The molecule has 1 aliphatic rings. The standard InChI is InChI=1S/C19H27NO3/c1-13-5-9-16(10-6-13)19(2,3)12-20(4)17(21)14-7-8-15(11-14)18(22)23/h5-6,9-10,14-15H,7-8,11-12H2,1-4H3,(H,22,23)/t14-,15+/m1/s1. The van der Waals surface area contributed by atoms with Gasteiger partial charge in [-0.05, 0) is 31.7 Å². The highest BCUT2D eigenvalue weighted by atomic mass is 16.4. The molecule has 2 atom stereocenters. The molecule has 1 N–H and O–H groups in total. The summed E-state index contributed by atoms with van der Waals surface area (Å²) in [5.41, 5.74) is 2.29. The van der Waals surface area contributed by atoms with Gasteiger partial charge in [0.2, 0.25) is 5.91 Å². The van der Waals surface area contributed by atoms with Crippen LogP contribution in [0, 0.1) is 18.8 Å². The van der Waals surface area contributed by atoms with E-state index >= 15 is 0 Å². The second kappa shape index (κ2) is 6.73. The Hall–Kier alpha value is -1.84. The smallest absolute Gasteiger partial charge is 0.306 e. The lowest BCUT2D eigenvalue weighted by Crippen LogP contribution is -2.40. The molecule has 126 valence electrons. The van der Waals surface area contributed by atoms with Crippen molar-refractivity contribution in [3.05, 3.63) is 35.4 Å². The zero-order valence-electron chi connectivity index (χ0n) is 14.5. The number of rotatable bonds is 5. The molecule has 2 rings (SSSR count). The number of carboxylic acids is 1. The minimum Gasteiger partial charge on any atom is -0.481 e. The molecule has 0 aromatic heterocycles. The van der Waals surface area contributed by atoms with Crippen molar-refractivity contribution in [3.63, 3.8) is 0 Å². The summed E-state index contributed by atoms with van der Waals surface area (Å²) >= 11 is 0. The summed E-state index contributed by atoms with van der Waals surface area (Å²) in [6, 6.07) is 8.41. The Morgan fingerprint density at radius 3 is 2.26 bits per heavy atom. The monoisotopic (exact) mass is 317 g/mol. The second-order valence-electron chi connectivity index (χ2n) is 7.49. The number of likely N-dealkylation sites (N-methyl/N-ethyl adjacent to an activating group) is 1. The minimum atomic E-state index is -0.775. The van der Waals surface area contributed by atoms with E-state index in [-0.39, 0.29) is 23.2 Å². The Labute approximate surface area is 138 Å². The van der Waals surface area contributed by atoms with Gasteiger partial charge in [0, 0.05) is 24.9 Å². The van der Waals surface area contributed by atoms with Crippen molar-refractivity contribution in [3.8, 4) is 0 Å². The predicted octanol–water partition coefficient (Wildman–Crippen LogP) is 3.23.